The SMILES string of the molecule is Cc1nnc(CNC(=NCc2csc(N(C)C)n2)NC(C)c2ccccc2)n1C.I. The highest BCUT2D eigenvalue weighted by Gasteiger charge is 2.11. The van der Waals surface area contributed by atoms with Gasteiger partial charge in [0.15, 0.2) is 16.9 Å². The fraction of sp³-hybridized carbons (Fsp3) is 0.400. The van der Waals surface area contributed by atoms with Gasteiger partial charge in [0, 0.05) is 26.5 Å². The van der Waals surface area contributed by atoms with Gasteiger partial charge in [-0.25, -0.2) is 9.98 Å². The molecule has 0 aliphatic carbocycles. The second-order valence-corrected chi connectivity index (χ2v) is 7.87. The van der Waals surface area contributed by atoms with Gasteiger partial charge < -0.3 is 20.1 Å². The van der Waals surface area contributed by atoms with E-state index in [9.17, 15) is 0 Å². The molecule has 2 heterocycles. The Morgan fingerprint density at radius 2 is 1.97 bits per heavy atom. The Bertz CT molecular complexity index is 951. The molecule has 3 rings (SSSR count). The summed E-state index contributed by atoms with van der Waals surface area (Å²) in [6.07, 6.45) is 0. The lowest BCUT2D eigenvalue weighted by Gasteiger charge is -2.18. The Balaban J connectivity index is 0.00000320. The second kappa shape index (κ2) is 11.3. The third-order valence-electron chi connectivity index (χ3n) is 4.57. The fourth-order valence-corrected chi connectivity index (χ4v) is 3.43. The summed E-state index contributed by atoms with van der Waals surface area (Å²) in [5.74, 6) is 2.44. The van der Waals surface area contributed by atoms with E-state index in [0.29, 0.717) is 19.0 Å². The predicted octanol–water partition coefficient (Wildman–Crippen LogP) is 3.26. The maximum Gasteiger partial charge on any atom is 0.192 e. The van der Waals surface area contributed by atoms with Gasteiger partial charge in [0.25, 0.3) is 0 Å². The van der Waals surface area contributed by atoms with Crippen LogP contribution in [0, 0.1) is 6.92 Å². The molecule has 8 nitrogen and oxygen atoms in total. The molecule has 0 saturated heterocycles. The van der Waals surface area contributed by atoms with Crippen LogP contribution < -0.4 is 15.5 Å². The van der Waals surface area contributed by atoms with E-state index < -0.39 is 0 Å². The molecule has 0 amide bonds. The Morgan fingerprint density at radius 1 is 1.23 bits per heavy atom. The number of hydrogen-bond donors (Lipinski definition) is 2. The lowest BCUT2D eigenvalue weighted by molar-refractivity contribution is 0.663. The number of halogens is 1. The highest BCUT2D eigenvalue weighted by molar-refractivity contribution is 14.0. The number of nitrogens with zero attached hydrogens (tertiary/aromatic N) is 6. The minimum atomic E-state index is 0. The van der Waals surface area contributed by atoms with E-state index in [4.69, 9.17) is 4.99 Å². The van der Waals surface area contributed by atoms with Crippen molar-refractivity contribution in [1.82, 2.24) is 30.4 Å². The first-order valence-electron chi connectivity index (χ1n) is 9.50. The second-order valence-electron chi connectivity index (χ2n) is 7.03. The maximum atomic E-state index is 4.75. The van der Waals surface area contributed by atoms with Crippen LogP contribution in [0.15, 0.2) is 40.7 Å². The summed E-state index contributed by atoms with van der Waals surface area (Å²) in [5, 5.41) is 18.2. The minimum absolute atomic E-state index is 0. The van der Waals surface area contributed by atoms with Crippen LogP contribution in [0.3, 0.4) is 0 Å². The van der Waals surface area contributed by atoms with Gasteiger partial charge in [0.1, 0.15) is 5.82 Å². The molecular weight excluding hydrogens is 511 g/mol. The van der Waals surface area contributed by atoms with E-state index in [1.54, 1.807) is 11.3 Å². The van der Waals surface area contributed by atoms with Crippen molar-refractivity contribution in [1.29, 1.82) is 0 Å². The highest BCUT2D eigenvalue weighted by atomic mass is 127. The number of aromatic nitrogens is 4. The van der Waals surface area contributed by atoms with E-state index in [-0.39, 0.29) is 30.0 Å². The zero-order valence-corrected chi connectivity index (χ0v) is 21.1. The number of aryl methyl sites for hydroxylation is 1. The number of hydrogen-bond acceptors (Lipinski definition) is 6. The fourth-order valence-electron chi connectivity index (χ4n) is 2.68. The molecule has 3 aromatic rings. The zero-order chi connectivity index (χ0) is 20.8. The van der Waals surface area contributed by atoms with Gasteiger partial charge in [-0.15, -0.1) is 45.5 Å². The quantitative estimate of drug-likeness (QED) is 0.272. The summed E-state index contributed by atoms with van der Waals surface area (Å²) in [5.41, 5.74) is 2.14. The summed E-state index contributed by atoms with van der Waals surface area (Å²) in [6.45, 7) is 5.08. The normalized spacial score (nSPS) is 12.2. The van der Waals surface area contributed by atoms with Crippen LogP contribution in [0.2, 0.25) is 0 Å². The molecular formula is C20H29IN8S. The number of nitrogens with one attached hydrogen (secondary N) is 2. The number of aliphatic imine (C=N–C) groups is 1. The molecule has 0 spiro atoms. The van der Waals surface area contributed by atoms with Gasteiger partial charge in [0.2, 0.25) is 0 Å². The van der Waals surface area contributed by atoms with Crippen LogP contribution in [0.25, 0.3) is 0 Å². The highest BCUT2D eigenvalue weighted by Crippen LogP contribution is 2.18. The van der Waals surface area contributed by atoms with Crippen LogP contribution in [0.4, 0.5) is 5.13 Å². The standard InChI is InChI=1S/C20H28N8S.HI/c1-14(16-9-7-6-8-10-16)23-19(22-12-18-26-25-15(2)28(18)5)21-11-17-13-29-20(24-17)27(3)4;/h6-10,13-14H,11-12H2,1-5H3,(H2,21,22,23);1H. The summed E-state index contributed by atoms with van der Waals surface area (Å²) in [6, 6.07) is 10.4. The monoisotopic (exact) mass is 540 g/mol. The average molecular weight is 540 g/mol. The first kappa shape index (κ1) is 24.1. The van der Waals surface area contributed by atoms with Crippen molar-refractivity contribution in [3.05, 3.63) is 58.6 Å². The topological polar surface area (TPSA) is 83.3 Å². The van der Waals surface area contributed by atoms with Crippen molar-refractivity contribution in [3.63, 3.8) is 0 Å². The van der Waals surface area contributed by atoms with Crippen molar-refractivity contribution in [3.8, 4) is 0 Å². The number of benzene rings is 1. The van der Waals surface area contributed by atoms with Gasteiger partial charge in [-0.1, -0.05) is 30.3 Å². The largest absolute Gasteiger partial charge is 0.354 e. The van der Waals surface area contributed by atoms with Crippen LogP contribution >= 0.6 is 35.3 Å². The summed E-state index contributed by atoms with van der Waals surface area (Å²) in [7, 11) is 5.94. The van der Waals surface area contributed by atoms with Crippen LogP contribution in [0.5, 0.6) is 0 Å². The van der Waals surface area contributed by atoms with Crippen LogP contribution in [-0.4, -0.2) is 39.8 Å². The molecule has 30 heavy (non-hydrogen) atoms. The van der Waals surface area contributed by atoms with Crippen molar-refractivity contribution in [2.75, 3.05) is 19.0 Å². The maximum absolute atomic E-state index is 4.75. The van der Waals surface area contributed by atoms with E-state index >= 15 is 0 Å². The lowest BCUT2D eigenvalue weighted by Crippen LogP contribution is -2.39. The van der Waals surface area contributed by atoms with E-state index in [1.165, 1.54) is 5.56 Å². The molecule has 1 unspecified atom stereocenters. The molecule has 0 saturated carbocycles. The van der Waals surface area contributed by atoms with Gasteiger partial charge in [-0.2, -0.15) is 0 Å². The predicted molar refractivity (Wildman–Crippen MR) is 134 cm³/mol. The third-order valence-corrected chi connectivity index (χ3v) is 5.63. The molecule has 2 aromatic heterocycles. The molecule has 0 bridgehead atoms. The van der Waals surface area contributed by atoms with Gasteiger partial charge in [-0.05, 0) is 19.4 Å². The molecule has 0 radical (unpaired) electrons. The van der Waals surface area contributed by atoms with Crippen molar-refractivity contribution in [2.24, 2.45) is 12.0 Å². The van der Waals surface area contributed by atoms with Crippen molar-refractivity contribution < 1.29 is 0 Å². The van der Waals surface area contributed by atoms with Crippen molar-refractivity contribution in [2.45, 2.75) is 33.0 Å². The molecule has 162 valence electrons. The molecule has 10 heteroatoms. The number of guanidine groups is 1. The third kappa shape index (κ3) is 6.39. The molecule has 2 N–H and O–H groups in total. The first-order valence-corrected chi connectivity index (χ1v) is 10.4. The van der Waals surface area contributed by atoms with E-state index in [2.05, 4.69) is 44.9 Å². The molecule has 0 fully saturated rings. The Kier molecular flexibility index (Phi) is 9.03. The Hall–Kier alpha value is -2.21. The van der Waals surface area contributed by atoms with Gasteiger partial charge in [-0.3, -0.25) is 0 Å². The molecule has 1 aromatic carbocycles. The van der Waals surface area contributed by atoms with Gasteiger partial charge in [0.05, 0.1) is 24.8 Å². The van der Waals surface area contributed by atoms with Gasteiger partial charge >= 0.3 is 0 Å². The summed E-state index contributed by atoms with van der Waals surface area (Å²) >= 11 is 1.62. The lowest BCUT2D eigenvalue weighted by atomic mass is 10.1. The van der Waals surface area contributed by atoms with Crippen LogP contribution in [-0.2, 0) is 20.1 Å². The zero-order valence-electron chi connectivity index (χ0n) is 18.0. The first-order chi connectivity index (χ1) is 13.9. The Labute approximate surface area is 198 Å². The summed E-state index contributed by atoms with van der Waals surface area (Å²) in [4.78, 5) is 11.4. The number of anilines is 1. The van der Waals surface area contributed by atoms with Crippen LogP contribution in [0.1, 0.15) is 35.9 Å². The number of rotatable bonds is 7. The molecule has 0 aliphatic rings. The summed E-state index contributed by atoms with van der Waals surface area (Å²) < 4.78 is 1.97. The minimum Gasteiger partial charge on any atom is -0.354 e. The number of thiazole rings is 1. The molecule has 1 atom stereocenters. The average Bonchev–Trinajstić information content (AvgIpc) is 3.32. The van der Waals surface area contributed by atoms with Crippen molar-refractivity contribution >= 4 is 46.4 Å². The van der Waals surface area contributed by atoms with E-state index in [0.717, 1.165) is 22.5 Å². The van der Waals surface area contributed by atoms with E-state index in [1.807, 2.05) is 61.1 Å². The Morgan fingerprint density at radius 3 is 2.57 bits per heavy atom. The smallest absolute Gasteiger partial charge is 0.192 e. The molecule has 0 aliphatic heterocycles.